The lowest BCUT2D eigenvalue weighted by atomic mass is 9.92. The van der Waals surface area contributed by atoms with Crippen LogP contribution in [-0.4, -0.2) is 51.1 Å². The predicted octanol–water partition coefficient (Wildman–Crippen LogP) is 2.97. The van der Waals surface area contributed by atoms with Gasteiger partial charge in [-0.25, -0.2) is 4.68 Å². The van der Waals surface area contributed by atoms with Gasteiger partial charge in [0.1, 0.15) is 0 Å². The van der Waals surface area contributed by atoms with Gasteiger partial charge in [0.15, 0.2) is 0 Å². The van der Waals surface area contributed by atoms with E-state index in [0.29, 0.717) is 25.1 Å². The zero-order chi connectivity index (χ0) is 21.6. The maximum absolute atomic E-state index is 12.9. The number of hydrogen-bond donors (Lipinski definition) is 1. The number of para-hydroxylation sites is 1. The average Bonchev–Trinajstić information content (AvgIpc) is 3.26. The van der Waals surface area contributed by atoms with E-state index in [1.807, 2.05) is 54.3 Å². The highest BCUT2D eigenvalue weighted by Crippen LogP contribution is 2.29. The summed E-state index contributed by atoms with van der Waals surface area (Å²) in [5, 5.41) is 7.69. The monoisotopic (exact) mass is 417 g/mol. The Balaban J connectivity index is 1.57. The second-order valence-corrected chi connectivity index (χ2v) is 7.78. The van der Waals surface area contributed by atoms with E-state index < -0.39 is 0 Å². The van der Waals surface area contributed by atoms with Crippen LogP contribution in [0.25, 0.3) is 5.69 Å². The van der Waals surface area contributed by atoms with Crippen LogP contribution >= 0.6 is 0 Å². The molecular weight excluding hydrogens is 390 g/mol. The molecule has 0 radical (unpaired) electrons. The number of carbonyl (C=O) groups is 2. The van der Waals surface area contributed by atoms with Gasteiger partial charge in [0, 0.05) is 44.1 Å². The number of amides is 2. The normalized spacial score (nSPS) is 16.2. The number of aromatic nitrogens is 3. The first-order valence-electron chi connectivity index (χ1n) is 10.8. The molecule has 7 nitrogen and oxygen atoms in total. The highest BCUT2D eigenvalue weighted by molar-refractivity contribution is 5.95. The molecule has 1 fully saturated rings. The van der Waals surface area contributed by atoms with E-state index in [2.05, 4.69) is 10.3 Å². The quantitative estimate of drug-likeness (QED) is 0.669. The van der Waals surface area contributed by atoms with Gasteiger partial charge in [-0.2, -0.15) is 5.10 Å². The second-order valence-electron chi connectivity index (χ2n) is 7.78. The van der Waals surface area contributed by atoms with E-state index in [-0.39, 0.29) is 17.7 Å². The first-order valence-corrected chi connectivity index (χ1v) is 10.8. The number of carbonyl (C=O) groups excluding carboxylic acids is 2. The standard InChI is InChI=1S/C24H27N5O2/c1-2-26-24(31)21-17-29(20-10-4-3-5-11-20)27-23(21)19-9-7-13-28(16-19)22(30)14-18-8-6-12-25-15-18/h3-6,8,10-12,15,17,19H,2,7,9,13-14,16H2,1H3,(H,26,31)/t19-/m0/s1. The number of piperidine rings is 1. The highest BCUT2D eigenvalue weighted by atomic mass is 16.2. The first kappa shape index (κ1) is 20.8. The van der Waals surface area contributed by atoms with Crippen molar-refractivity contribution >= 4 is 11.8 Å². The third-order valence-electron chi connectivity index (χ3n) is 5.58. The van der Waals surface area contributed by atoms with Crippen LogP contribution in [0.15, 0.2) is 61.1 Å². The van der Waals surface area contributed by atoms with Crippen LogP contribution < -0.4 is 5.32 Å². The molecule has 31 heavy (non-hydrogen) atoms. The molecule has 7 heteroatoms. The topological polar surface area (TPSA) is 80.1 Å². The van der Waals surface area contributed by atoms with Crippen molar-refractivity contribution in [2.45, 2.75) is 32.1 Å². The van der Waals surface area contributed by atoms with Crippen molar-refractivity contribution in [2.75, 3.05) is 19.6 Å². The van der Waals surface area contributed by atoms with Gasteiger partial charge in [-0.1, -0.05) is 24.3 Å². The largest absolute Gasteiger partial charge is 0.352 e. The minimum absolute atomic E-state index is 0.0224. The zero-order valence-corrected chi connectivity index (χ0v) is 17.7. The molecule has 1 aliphatic rings. The summed E-state index contributed by atoms with van der Waals surface area (Å²) < 4.78 is 1.76. The van der Waals surface area contributed by atoms with E-state index in [1.165, 1.54) is 0 Å². The Morgan fingerprint density at radius 1 is 1.16 bits per heavy atom. The Morgan fingerprint density at radius 2 is 2.00 bits per heavy atom. The van der Waals surface area contributed by atoms with E-state index in [1.54, 1.807) is 23.3 Å². The van der Waals surface area contributed by atoms with Gasteiger partial charge in [0.05, 0.1) is 23.4 Å². The van der Waals surface area contributed by atoms with Crippen molar-refractivity contribution < 1.29 is 9.59 Å². The second kappa shape index (κ2) is 9.55. The van der Waals surface area contributed by atoms with Crippen LogP contribution in [0.4, 0.5) is 0 Å². The number of nitrogens with zero attached hydrogens (tertiary/aromatic N) is 4. The third-order valence-corrected chi connectivity index (χ3v) is 5.58. The summed E-state index contributed by atoms with van der Waals surface area (Å²) in [5.74, 6) is -0.0209. The summed E-state index contributed by atoms with van der Waals surface area (Å²) in [4.78, 5) is 31.6. The maximum atomic E-state index is 12.9. The first-order chi connectivity index (χ1) is 15.2. The zero-order valence-electron chi connectivity index (χ0n) is 17.7. The molecule has 160 valence electrons. The minimum Gasteiger partial charge on any atom is -0.352 e. The van der Waals surface area contributed by atoms with Gasteiger partial charge in [-0.3, -0.25) is 14.6 Å². The van der Waals surface area contributed by atoms with Gasteiger partial charge >= 0.3 is 0 Å². The number of hydrogen-bond acceptors (Lipinski definition) is 4. The molecule has 1 saturated heterocycles. The number of nitrogens with one attached hydrogen (secondary N) is 1. The molecule has 1 atom stereocenters. The van der Waals surface area contributed by atoms with E-state index in [4.69, 9.17) is 5.10 Å². The van der Waals surface area contributed by atoms with Crippen molar-refractivity contribution in [3.05, 3.63) is 77.9 Å². The molecule has 0 saturated carbocycles. The molecule has 4 rings (SSSR count). The lowest BCUT2D eigenvalue weighted by Gasteiger charge is -2.32. The van der Waals surface area contributed by atoms with Crippen molar-refractivity contribution in [3.63, 3.8) is 0 Å². The van der Waals surface area contributed by atoms with E-state index in [9.17, 15) is 9.59 Å². The predicted molar refractivity (Wildman–Crippen MR) is 118 cm³/mol. The number of pyridine rings is 1. The van der Waals surface area contributed by atoms with Crippen LogP contribution in [0.2, 0.25) is 0 Å². The van der Waals surface area contributed by atoms with Gasteiger partial charge in [-0.05, 0) is 43.5 Å². The Kier molecular flexibility index (Phi) is 6.40. The van der Waals surface area contributed by atoms with Crippen LogP contribution in [0.5, 0.6) is 0 Å². The summed E-state index contributed by atoms with van der Waals surface area (Å²) in [6, 6.07) is 13.5. The Labute approximate surface area is 182 Å². The third kappa shape index (κ3) is 4.82. The fourth-order valence-corrected chi connectivity index (χ4v) is 4.05. The van der Waals surface area contributed by atoms with Crippen molar-refractivity contribution in [1.29, 1.82) is 0 Å². The number of benzene rings is 1. The SMILES string of the molecule is CCNC(=O)c1cn(-c2ccccc2)nc1[C@H]1CCCN(C(=O)Cc2cccnc2)C1. The fraction of sp³-hybridized carbons (Fsp3) is 0.333. The molecule has 3 aromatic rings. The maximum Gasteiger partial charge on any atom is 0.254 e. The Bertz CT molecular complexity index is 1030. The molecule has 3 heterocycles. The van der Waals surface area contributed by atoms with Gasteiger partial charge in [0.2, 0.25) is 5.91 Å². The summed E-state index contributed by atoms with van der Waals surface area (Å²) in [6.45, 7) is 3.75. The molecule has 0 spiro atoms. The van der Waals surface area contributed by atoms with Crippen molar-refractivity contribution in [2.24, 2.45) is 0 Å². The van der Waals surface area contributed by atoms with Gasteiger partial charge < -0.3 is 10.2 Å². The van der Waals surface area contributed by atoms with Crippen molar-refractivity contribution in [3.8, 4) is 5.69 Å². The summed E-state index contributed by atoms with van der Waals surface area (Å²) in [5.41, 5.74) is 3.15. The smallest absolute Gasteiger partial charge is 0.254 e. The molecule has 2 amide bonds. The van der Waals surface area contributed by atoms with E-state index >= 15 is 0 Å². The molecule has 0 bridgehead atoms. The summed E-state index contributed by atoms with van der Waals surface area (Å²) in [7, 11) is 0. The number of likely N-dealkylation sites (tertiary alicyclic amines) is 1. The molecule has 1 aromatic carbocycles. The molecule has 0 unspecified atom stereocenters. The molecule has 1 N–H and O–H groups in total. The van der Waals surface area contributed by atoms with Gasteiger partial charge in [-0.15, -0.1) is 0 Å². The lowest BCUT2D eigenvalue weighted by Crippen LogP contribution is -2.40. The fourth-order valence-electron chi connectivity index (χ4n) is 4.05. The Hall–Kier alpha value is -3.48. The van der Waals surface area contributed by atoms with Crippen LogP contribution in [0, 0.1) is 0 Å². The molecule has 1 aliphatic heterocycles. The van der Waals surface area contributed by atoms with E-state index in [0.717, 1.165) is 36.3 Å². The number of rotatable bonds is 6. The summed E-state index contributed by atoms with van der Waals surface area (Å²) in [6.07, 6.45) is 7.35. The molecule has 0 aliphatic carbocycles. The highest BCUT2D eigenvalue weighted by Gasteiger charge is 2.30. The Morgan fingerprint density at radius 3 is 2.74 bits per heavy atom. The van der Waals surface area contributed by atoms with Crippen LogP contribution in [0.3, 0.4) is 0 Å². The van der Waals surface area contributed by atoms with Crippen molar-refractivity contribution in [1.82, 2.24) is 25.0 Å². The minimum atomic E-state index is -0.126. The summed E-state index contributed by atoms with van der Waals surface area (Å²) >= 11 is 0. The molecular formula is C24H27N5O2. The lowest BCUT2D eigenvalue weighted by molar-refractivity contribution is -0.131. The molecule has 2 aromatic heterocycles. The van der Waals surface area contributed by atoms with Crippen LogP contribution in [-0.2, 0) is 11.2 Å². The average molecular weight is 418 g/mol. The van der Waals surface area contributed by atoms with Gasteiger partial charge in [0.25, 0.3) is 5.91 Å². The van der Waals surface area contributed by atoms with Crippen LogP contribution in [0.1, 0.15) is 47.3 Å².